The predicted molar refractivity (Wildman–Crippen MR) is 108 cm³/mol. The van der Waals surface area contributed by atoms with Crippen molar-refractivity contribution in [3.05, 3.63) is 70.2 Å². The molecule has 7 heteroatoms. The van der Waals surface area contributed by atoms with Gasteiger partial charge in [0.05, 0.1) is 22.2 Å². The van der Waals surface area contributed by atoms with Gasteiger partial charge in [-0.3, -0.25) is 9.69 Å². The summed E-state index contributed by atoms with van der Waals surface area (Å²) in [7, 11) is 2.01. The van der Waals surface area contributed by atoms with Crippen LogP contribution in [-0.2, 0) is 6.18 Å². The van der Waals surface area contributed by atoms with E-state index in [1.165, 1.54) is 0 Å². The summed E-state index contributed by atoms with van der Waals surface area (Å²) in [6.07, 6.45) is -1.60. The van der Waals surface area contributed by atoms with Gasteiger partial charge in [0.2, 0.25) is 0 Å². The highest BCUT2D eigenvalue weighted by atomic mass is 35.5. The highest BCUT2D eigenvalue weighted by molar-refractivity contribution is 6.33. The van der Waals surface area contributed by atoms with Crippen LogP contribution in [0.25, 0.3) is 0 Å². The van der Waals surface area contributed by atoms with Crippen molar-refractivity contribution in [3.63, 3.8) is 0 Å². The minimum absolute atomic E-state index is 0.00976. The largest absolute Gasteiger partial charge is 0.416 e. The number of nitrogens with zero attached hydrogens (tertiary/aromatic N) is 1. The Bertz CT molecular complexity index is 872. The number of hydrogen-bond acceptors (Lipinski definition) is 2. The second-order valence-electron chi connectivity index (χ2n) is 7.75. The fourth-order valence-electron chi connectivity index (χ4n) is 3.97. The summed E-state index contributed by atoms with van der Waals surface area (Å²) in [4.78, 5) is 15.2. The number of likely N-dealkylation sites (N-methyl/N-ethyl adjacent to an activating group) is 1. The molecule has 3 rings (SSSR count). The van der Waals surface area contributed by atoms with Crippen LogP contribution in [0.4, 0.5) is 13.2 Å². The number of benzene rings is 2. The van der Waals surface area contributed by atoms with E-state index in [1.54, 1.807) is 0 Å². The first-order chi connectivity index (χ1) is 13.6. The van der Waals surface area contributed by atoms with E-state index in [9.17, 15) is 18.0 Å². The molecule has 0 aliphatic carbocycles. The van der Waals surface area contributed by atoms with Gasteiger partial charge in [-0.2, -0.15) is 13.2 Å². The van der Waals surface area contributed by atoms with Crippen molar-refractivity contribution in [2.24, 2.45) is 0 Å². The Kier molecular flexibility index (Phi) is 6.24. The molecule has 1 aliphatic heterocycles. The molecule has 0 bridgehead atoms. The molecule has 1 fully saturated rings. The average molecular weight is 425 g/mol. The summed E-state index contributed by atoms with van der Waals surface area (Å²) in [5, 5.41) is 2.97. The van der Waals surface area contributed by atoms with Gasteiger partial charge in [0, 0.05) is 5.54 Å². The van der Waals surface area contributed by atoms with Crippen molar-refractivity contribution < 1.29 is 18.0 Å². The van der Waals surface area contributed by atoms with Crippen molar-refractivity contribution >= 4 is 17.5 Å². The van der Waals surface area contributed by atoms with E-state index in [0.29, 0.717) is 0 Å². The number of rotatable bonds is 4. The quantitative estimate of drug-likeness (QED) is 0.682. The number of carbonyl (C=O) groups excluding carboxylic acids is 1. The standard InChI is InChI=1S/C22H24ClF3N2O/c1-21(12-6-7-13-28(21)2)19(15-8-4-3-5-9-15)27-20(29)17-14-16(22(24,25)26)10-11-18(17)23/h3-5,8-11,14,19H,6-7,12-13H2,1-2H3,(H,27,29). The fourth-order valence-corrected chi connectivity index (χ4v) is 4.17. The number of hydrogen-bond donors (Lipinski definition) is 1. The minimum Gasteiger partial charge on any atom is -0.343 e. The highest BCUT2D eigenvalue weighted by Crippen LogP contribution is 2.38. The van der Waals surface area contributed by atoms with Crippen LogP contribution in [0.2, 0.25) is 5.02 Å². The molecule has 0 radical (unpaired) electrons. The van der Waals surface area contributed by atoms with Crippen LogP contribution in [-0.4, -0.2) is 29.9 Å². The van der Waals surface area contributed by atoms with Crippen molar-refractivity contribution in [1.82, 2.24) is 10.2 Å². The van der Waals surface area contributed by atoms with Crippen LogP contribution in [0.3, 0.4) is 0 Å². The van der Waals surface area contributed by atoms with E-state index < -0.39 is 23.7 Å². The van der Waals surface area contributed by atoms with Crippen molar-refractivity contribution in [2.45, 2.75) is 43.9 Å². The molecular formula is C22H24ClF3N2O. The molecule has 2 atom stereocenters. The lowest BCUT2D eigenvalue weighted by Gasteiger charge is -2.48. The smallest absolute Gasteiger partial charge is 0.343 e. The first-order valence-electron chi connectivity index (χ1n) is 9.57. The van der Waals surface area contributed by atoms with Crippen LogP contribution in [0.15, 0.2) is 48.5 Å². The zero-order valence-corrected chi connectivity index (χ0v) is 17.1. The zero-order valence-electron chi connectivity index (χ0n) is 16.4. The van der Waals surface area contributed by atoms with Gasteiger partial charge in [-0.25, -0.2) is 0 Å². The van der Waals surface area contributed by atoms with Crippen molar-refractivity contribution in [2.75, 3.05) is 13.6 Å². The van der Waals surface area contributed by atoms with E-state index in [1.807, 2.05) is 37.4 Å². The predicted octanol–water partition coefficient (Wildman–Crippen LogP) is 5.70. The lowest BCUT2D eigenvalue weighted by molar-refractivity contribution is -0.137. The van der Waals surface area contributed by atoms with Crippen molar-refractivity contribution in [1.29, 1.82) is 0 Å². The molecule has 29 heavy (non-hydrogen) atoms. The molecular weight excluding hydrogens is 401 g/mol. The minimum atomic E-state index is -4.55. The second-order valence-corrected chi connectivity index (χ2v) is 8.15. The molecule has 2 unspecified atom stereocenters. The van der Waals surface area contributed by atoms with Gasteiger partial charge in [-0.15, -0.1) is 0 Å². The maximum absolute atomic E-state index is 13.1. The normalized spacial score (nSPS) is 21.6. The molecule has 1 amide bonds. The van der Waals surface area contributed by atoms with E-state index in [2.05, 4.69) is 17.1 Å². The van der Waals surface area contributed by atoms with Gasteiger partial charge in [0.15, 0.2) is 0 Å². The third-order valence-corrected chi connectivity index (χ3v) is 6.20. The number of likely N-dealkylation sites (tertiary alicyclic amines) is 1. The second kappa shape index (κ2) is 8.36. The van der Waals surface area contributed by atoms with Crippen LogP contribution in [0, 0.1) is 0 Å². The summed E-state index contributed by atoms with van der Waals surface area (Å²) in [6, 6.07) is 11.9. The Labute approximate surface area is 173 Å². The molecule has 1 heterocycles. The Balaban J connectivity index is 1.98. The van der Waals surface area contributed by atoms with E-state index in [-0.39, 0.29) is 16.1 Å². The summed E-state index contributed by atoms with van der Waals surface area (Å²) in [5.74, 6) is -0.616. The summed E-state index contributed by atoms with van der Waals surface area (Å²) in [5.41, 5.74) is -0.544. The molecule has 0 spiro atoms. The van der Waals surface area contributed by atoms with Gasteiger partial charge in [0.1, 0.15) is 0 Å². The molecule has 1 N–H and O–H groups in total. The zero-order chi connectivity index (χ0) is 21.2. The first-order valence-corrected chi connectivity index (χ1v) is 9.94. The number of nitrogens with one attached hydrogen (secondary N) is 1. The van der Waals surface area contributed by atoms with Gasteiger partial charge < -0.3 is 5.32 Å². The van der Waals surface area contributed by atoms with E-state index >= 15 is 0 Å². The molecule has 1 saturated heterocycles. The third kappa shape index (κ3) is 4.59. The monoisotopic (exact) mass is 424 g/mol. The van der Waals surface area contributed by atoms with Crippen LogP contribution in [0.1, 0.15) is 53.7 Å². The number of amides is 1. The lowest BCUT2D eigenvalue weighted by Crippen LogP contribution is -2.56. The Morgan fingerprint density at radius 2 is 1.86 bits per heavy atom. The Morgan fingerprint density at radius 3 is 2.48 bits per heavy atom. The van der Waals surface area contributed by atoms with Gasteiger partial charge in [0.25, 0.3) is 5.91 Å². The van der Waals surface area contributed by atoms with Crippen molar-refractivity contribution in [3.8, 4) is 0 Å². The molecule has 2 aromatic rings. The third-order valence-electron chi connectivity index (χ3n) is 5.87. The van der Waals surface area contributed by atoms with E-state index in [0.717, 1.165) is 49.6 Å². The molecule has 3 nitrogen and oxygen atoms in total. The summed E-state index contributed by atoms with van der Waals surface area (Å²) < 4.78 is 39.3. The summed E-state index contributed by atoms with van der Waals surface area (Å²) >= 11 is 6.08. The Morgan fingerprint density at radius 1 is 1.17 bits per heavy atom. The maximum Gasteiger partial charge on any atom is 0.416 e. The Hall–Kier alpha value is -2.05. The molecule has 2 aromatic carbocycles. The average Bonchev–Trinajstić information content (AvgIpc) is 2.68. The number of carbonyl (C=O) groups is 1. The van der Waals surface area contributed by atoms with Gasteiger partial charge in [-0.05, 0) is 57.1 Å². The van der Waals surface area contributed by atoms with Crippen LogP contribution in [0.5, 0.6) is 0 Å². The number of piperidine rings is 1. The van der Waals surface area contributed by atoms with Crippen LogP contribution < -0.4 is 5.32 Å². The fraction of sp³-hybridized carbons (Fsp3) is 0.409. The van der Waals surface area contributed by atoms with Gasteiger partial charge >= 0.3 is 6.18 Å². The van der Waals surface area contributed by atoms with Gasteiger partial charge in [-0.1, -0.05) is 48.4 Å². The van der Waals surface area contributed by atoms with E-state index in [4.69, 9.17) is 11.6 Å². The molecule has 156 valence electrons. The lowest BCUT2D eigenvalue weighted by atomic mass is 9.79. The first kappa shape index (κ1) is 21.7. The molecule has 1 aliphatic rings. The molecule has 0 aromatic heterocycles. The maximum atomic E-state index is 13.1. The molecule has 0 saturated carbocycles. The SMILES string of the molecule is CN1CCCCC1(C)C(NC(=O)c1cc(C(F)(F)F)ccc1Cl)c1ccccc1. The summed E-state index contributed by atoms with van der Waals surface area (Å²) in [6.45, 7) is 2.97. The number of alkyl halides is 3. The highest BCUT2D eigenvalue weighted by Gasteiger charge is 2.41. The topological polar surface area (TPSA) is 32.3 Å². The number of halogens is 4. The van der Waals surface area contributed by atoms with Crippen LogP contribution >= 0.6 is 11.6 Å².